The Hall–Kier alpha value is -3.52. The van der Waals surface area contributed by atoms with Gasteiger partial charge in [-0.25, -0.2) is 4.79 Å². The molecule has 36 heavy (non-hydrogen) atoms. The van der Waals surface area contributed by atoms with Crippen LogP contribution in [0.4, 0.5) is 17.1 Å². The molecule has 0 unspecified atom stereocenters. The number of imidazole rings is 1. The first-order chi connectivity index (χ1) is 17.6. The van der Waals surface area contributed by atoms with E-state index in [2.05, 4.69) is 38.3 Å². The highest BCUT2D eigenvalue weighted by molar-refractivity contribution is 5.90. The molecule has 1 aliphatic carbocycles. The van der Waals surface area contributed by atoms with Crippen LogP contribution in [0.3, 0.4) is 0 Å². The van der Waals surface area contributed by atoms with Gasteiger partial charge in [-0.15, -0.1) is 0 Å². The van der Waals surface area contributed by atoms with Gasteiger partial charge >= 0.3 is 11.7 Å². The third kappa shape index (κ3) is 5.49. The molecule has 1 fully saturated rings. The second kappa shape index (κ2) is 11.0. The summed E-state index contributed by atoms with van der Waals surface area (Å²) in [6.07, 6.45) is 6.87. The summed E-state index contributed by atoms with van der Waals surface area (Å²) in [5.41, 5.74) is 6.04. The minimum absolute atomic E-state index is 0.0708. The molecule has 2 aliphatic rings. The highest BCUT2D eigenvalue weighted by Crippen LogP contribution is 2.34. The van der Waals surface area contributed by atoms with Crippen LogP contribution in [0.25, 0.3) is 11.0 Å². The molecule has 0 saturated carbocycles. The van der Waals surface area contributed by atoms with E-state index in [1.165, 1.54) is 18.4 Å². The molecule has 0 spiro atoms. The molecule has 5 rings (SSSR count). The Morgan fingerprint density at radius 2 is 1.89 bits per heavy atom. The maximum atomic E-state index is 13.0. The molecule has 8 nitrogen and oxygen atoms in total. The van der Waals surface area contributed by atoms with Gasteiger partial charge in [0.15, 0.2) is 0 Å². The molecule has 2 heterocycles. The van der Waals surface area contributed by atoms with E-state index in [4.69, 9.17) is 4.74 Å². The fourth-order valence-electron chi connectivity index (χ4n) is 5.18. The second-order valence-corrected chi connectivity index (χ2v) is 9.57. The lowest BCUT2D eigenvalue weighted by Crippen LogP contribution is -2.48. The van der Waals surface area contributed by atoms with Gasteiger partial charge in [0.05, 0.1) is 35.6 Å². The number of rotatable bonds is 8. The summed E-state index contributed by atoms with van der Waals surface area (Å²) >= 11 is 0. The summed E-state index contributed by atoms with van der Waals surface area (Å²) in [6, 6.07) is 14.3. The number of aromatic amines is 1. The lowest BCUT2D eigenvalue weighted by Gasteiger charge is -2.36. The van der Waals surface area contributed by atoms with Gasteiger partial charge in [0, 0.05) is 38.4 Å². The van der Waals surface area contributed by atoms with E-state index in [9.17, 15) is 9.59 Å². The molecule has 1 saturated heterocycles. The maximum Gasteiger partial charge on any atom is 0.326 e. The number of para-hydroxylation sites is 1. The number of fused-ring (bicyclic) bond motifs is 1. The second-order valence-electron chi connectivity index (χ2n) is 9.57. The molecule has 0 atom stereocenters. The Morgan fingerprint density at radius 3 is 2.61 bits per heavy atom. The van der Waals surface area contributed by atoms with Gasteiger partial charge < -0.3 is 19.9 Å². The number of hydrogen-bond donors (Lipinski definition) is 2. The van der Waals surface area contributed by atoms with Gasteiger partial charge in [0.1, 0.15) is 0 Å². The Morgan fingerprint density at radius 1 is 1.08 bits per heavy atom. The quantitative estimate of drug-likeness (QED) is 0.364. The molecule has 0 radical (unpaired) electrons. The van der Waals surface area contributed by atoms with E-state index in [0.29, 0.717) is 19.7 Å². The number of H-pyrrole nitrogens is 1. The van der Waals surface area contributed by atoms with E-state index in [-0.39, 0.29) is 11.7 Å². The van der Waals surface area contributed by atoms with E-state index < -0.39 is 0 Å². The SMILES string of the molecule is CCOC(=O)CN1CCN(c2cc3c(cc2Nc2ccccc2)[nH]c(=O)n3CC2=CCCCC2)CC1. The Labute approximate surface area is 211 Å². The molecule has 3 aromatic rings. The van der Waals surface area contributed by atoms with E-state index in [1.807, 2.05) is 41.8 Å². The summed E-state index contributed by atoms with van der Waals surface area (Å²) in [5.74, 6) is -0.174. The average Bonchev–Trinajstić information content (AvgIpc) is 3.19. The molecular formula is C28H35N5O3. The summed E-state index contributed by atoms with van der Waals surface area (Å²) < 4.78 is 7.00. The lowest BCUT2D eigenvalue weighted by atomic mass is 9.99. The van der Waals surface area contributed by atoms with E-state index in [0.717, 1.165) is 67.1 Å². The van der Waals surface area contributed by atoms with Crippen molar-refractivity contribution in [3.05, 3.63) is 64.6 Å². The summed E-state index contributed by atoms with van der Waals surface area (Å²) in [6.45, 7) is 6.31. The third-order valence-electron chi connectivity index (χ3n) is 7.06. The molecule has 8 heteroatoms. The number of allylic oxidation sites excluding steroid dienone is 2. The largest absolute Gasteiger partial charge is 0.465 e. The van der Waals surface area contributed by atoms with Crippen molar-refractivity contribution in [3.8, 4) is 0 Å². The number of piperazine rings is 1. The number of carbonyl (C=O) groups is 1. The Bertz CT molecular complexity index is 1290. The first kappa shape index (κ1) is 24.2. The van der Waals surface area contributed by atoms with Crippen LogP contribution in [0.1, 0.15) is 32.6 Å². The predicted octanol–water partition coefficient (Wildman–Crippen LogP) is 4.26. The van der Waals surface area contributed by atoms with Crippen molar-refractivity contribution >= 4 is 34.1 Å². The Kier molecular flexibility index (Phi) is 7.41. The van der Waals surface area contributed by atoms with Gasteiger partial charge in [0.2, 0.25) is 0 Å². The van der Waals surface area contributed by atoms with E-state index in [1.54, 1.807) is 0 Å². The molecule has 0 bridgehead atoms. The molecule has 2 aromatic carbocycles. The number of anilines is 3. The zero-order valence-electron chi connectivity index (χ0n) is 21.0. The third-order valence-corrected chi connectivity index (χ3v) is 7.06. The van der Waals surface area contributed by atoms with Gasteiger partial charge in [-0.1, -0.05) is 29.8 Å². The van der Waals surface area contributed by atoms with Crippen LogP contribution in [0, 0.1) is 0 Å². The number of aromatic nitrogens is 2. The monoisotopic (exact) mass is 489 g/mol. The van der Waals surface area contributed by atoms with Crippen LogP contribution in [0.5, 0.6) is 0 Å². The number of ether oxygens (including phenoxy) is 1. The molecule has 0 amide bonds. The van der Waals surface area contributed by atoms with Gasteiger partial charge in [-0.3, -0.25) is 14.3 Å². The van der Waals surface area contributed by atoms with Crippen LogP contribution >= 0.6 is 0 Å². The minimum atomic E-state index is -0.174. The summed E-state index contributed by atoms with van der Waals surface area (Å²) in [5, 5.41) is 3.56. The highest BCUT2D eigenvalue weighted by Gasteiger charge is 2.23. The fraction of sp³-hybridized carbons (Fsp3) is 0.429. The van der Waals surface area contributed by atoms with Crippen LogP contribution in [-0.2, 0) is 16.1 Å². The normalized spacial score (nSPS) is 16.7. The number of hydrogen-bond acceptors (Lipinski definition) is 6. The molecule has 190 valence electrons. The standard InChI is InChI=1S/C28H35N5O3/c1-2-36-27(34)20-31-13-15-32(16-14-31)25-18-26-24(17-23(25)29-22-11-7-4-8-12-22)30-28(35)33(26)19-21-9-5-3-6-10-21/h4,7-9,11-12,17-18,29H,2-3,5-6,10,13-16,19-20H2,1H3,(H,30,35). The number of carbonyl (C=O) groups excluding carboxylic acids is 1. The van der Waals surface area contributed by atoms with Gasteiger partial charge in [-0.2, -0.15) is 0 Å². The van der Waals surface area contributed by atoms with Crippen LogP contribution in [-0.4, -0.2) is 59.8 Å². The van der Waals surface area contributed by atoms with Crippen molar-refractivity contribution < 1.29 is 9.53 Å². The van der Waals surface area contributed by atoms with Crippen molar-refractivity contribution in [2.75, 3.05) is 49.5 Å². The summed E-state index contributed by atoms with van der Waals surface area (Å²) in [4.78, 5) is 32.5. The van der Waals surface area contributed by atoms with Crippen LogP contribution < -0.4 is 15.9 Å². The first-order valence-electron chi connectivity index (χ1n) is 13.0. The predicted molar refractivity (Wildman–Crippen MR) is 144 cm³/mol. The first-order valence-corrected chi connectivity index (χ1v) is 13.0. The number of nitrogens with one attached hydrogen (secondary N) is 2. The van der Waals surface area contributed by atoms with Gasteiger partial charge in [-0.05, 0) is 56.9 Å². The highest BCUT2D eigenvalue weighted by atomic mass is 16.5. The van der Waals surface area contributed by atoms with Crippen LogP contribution in [0.15, 0.2) is 58.9 Å². The van der Waals surface area contributed by atoms with E-state index >= 15 is 0 Å². The van der Waals surface area contributed by atoms with Crippen molar-refractivity contribution in [1.82, 2.24) is 14.5 Å². The smallest absolute Gasteiger partial charge is 0.326 e. The van der Waals surface area contributed by atoms with Crippen molar-refractivity contribution in [2.45, 2.75) is 39.2 Å². The zero-order chi connectivity index (χ0) is 24.9. The molecular weight excluding hydrogens is 454 g/mol. The molecule has 2 N–H and O–H groups in total. The lowest BCUT2D eigenvalue weighted by molar-refractivity contribution is -0.144. The zero-order valence-corrected chi connectivity index (χ0v) is 21.0. The van der Waals surface area contributed by atoms with Crippen LogP contribution in [0.2, 0.25) is 0 Å². The summed E-state index contributed by atoms with van der Waals surface area (Å²) in [7, 11) is 0. The minimum Gasteiger partial charge on any atom is -0.465 e. The number of esters is 1. The average molecular weight is 490 g/mol. The molecule has 1 aliphatic heterocycles. The molecule has 1 aromatic heterocycles. The van der Waals surface area contributed by atoms with Crippen molar-refractivity contribution in [1.29, 1.82) is 0 Å². The topological polar surface area (TPSA) is 82.6 Å². The van der Waals surface area contributed by atoms with Crippen molar-refractivity contribution in [2.24, 2.45) is 0 Å². The fourth-order valence-corrected chi connectivity index (χ4v) is 5.18. The Balaban J connectivity index is 1.45. The van der Waals surface area contributed by atoms with Gasteiger partial charge in [0.25, 0.3) is 0 Å². The number of nitrogens with zero attached hydrogens (tertiary/aromatic N) is 3. The van der Waals surface area contributed by atoms with Crippen molar-refractivity contribution in [3.63, 3.8) is 0 Å². The maximum absolute atomic E-state index is 13.0. The number of benzene rings is 2.